The van der Waals surface area contributed by atoms with Crippen LogP contribution in [0.5, 0.6) is 0 Å². The number of anilines is 1. The first-order valence-electron chi connectivity index (χ1n) is 8.73. The van der Waals surface area contributed by atoms with Gasteiger partial charge in [-0.1, -0.05) is 30.3 Å². The molecule has 25 heavy (non-hydrogen) atoms. The SMILES string of the molecule is CCN(CC)c1ccc(-c2csc(=N)n2-c2c(C)cccc2C)cc1. The molecule has 0 aliphatic heterocycles. The molecular weight excluding hydrogens is 326 g/mol. The van der Waals surface area contributed by atoms with E-state index in [9.17, 15) is 0 Å². The zero-order valence-corrected chi connectivity index (χ0v) is 16.2. The van der Waals surface area contributed by atoms with Crippen LogP contribution >= 0.6 is 11.3 Å². The molecule has 0 saturated heterocycles. The first kappa shape index (κ1) is 17.5. The van der Waals surface area contributed by atoms with Gasteiger partial charge < -0.3 is 4.90 Å². The van der Waals surface area contributed by atoms with Crippen LogP contribution in [0.3, 0.4) is 0 Å². The van der Waals surface area contributed by atoms with Gasteiger partial charge in [0.1, 0.15) is 0 Å². The van der Waals surface area contributed by atoms with Crippen molar-refractivity contribution in [2.45, 2.75) is 27.7 Å². The minimum absolute atomic E-state index is 0.556. The average molecular weight is 352 g/mol. The van der Waals surface area contributed by atoms with Crippen LogP contribution in [0, 0.1) is 19.3 Å². The molecule has 0 spiro atoms. The van der Waals surface area contributed by atoms with Crippen molar-refractivity contribution in [3.63, 3.8) is 0 Å². The van der Waals surface area contributed by atoms with Gasteiger partial charge in [-0.2, -0.15) is 0 Å². The van der Waals surface area contributed by atoms with Gasteiger partial charge in [-0.25, -0.2) is 0 Å². The van der Waals surface area contributed by atoms with E-state index < -0.39 is 0 Å². The molecule has 0 radical (unpaired) electrons. The normalized spacial score (nSPS) is 10.9. The van der Waals surface area contributed by atoms with E-state index in [-0.39, 0.29) is 0 Å². The number of benzene rings is 2. The largest absolute Gasteiger partial charge is 0.372 e. The number of rotatable bonds is 5. The Morgan fingerprint density at radius 2 is 1.56 bits per heavy atom. The average Bonchev–Trinajstić information content (AvgIpc) is 2.98. The van der Waals surface area contributed by atoms with Crippen molar-refractivity contribution in [1.82, 2.24) is 4.57 Å². The number of aromatic nitrogens is 1. The highest BCUT2D eigenvalue weighted by atomic mass is 32.1. The van der Waals surface area contributed by atoms with E-state index in [4.69, 9.17) is 5.41 Å². The van der Waals surface area contributed by atoms with Crippen molar-refractivity contribution in [2.75, 3.05) is 18.0 Å². The van der Waals surface area contributed by atoms with E-state index in [1.165, 1.54) is 28.2 Å². The third-order valence-electron chi connectivity index (χ3n) is 4.68. The zero-order chi connectivity index (χ0) is 18.0. The van der Waals surface area contributed by atoms with Gasteiger partial charge in [0.15, 0.2) is 4.80 Å². The summed E-state index contributed by atoms with van der Waals surface area (Å²) in [5.74, 6) is 0. The third-order valence-corrected chi connectivity index (χ3v) is 5.43. The molecule has 0 fully saturated rings. The molecule has 2 aromatic carbocycles. The monoisotopic (exact) mass is 351 g/mol. The highest BCUT2D eigenvalue weighted by molar-refractivity contribution is 7.07. The van der Waals surface area contributed by atoms with Gasteiger partial charge in [0.05, 0.1) is 11.4 Å². The predicted octanol–water partition coefficient (Wildman–Crippen LogP) is 5.15. The molecule has 130 valence electrons. The Labute approximate surface area is 153 Å². The highest BCUT2D eigenvalue weighted by Gasteiger charge is 2.13. The van der Waals surface area contributed by atoms with Gasteiger partial charge >= 0.3 is 0 Å². The van der Waals surface area contributed by atoms with Gasteiger partial charge in [-0.05, 0) is 56.5 Å². The predicted molar refractivity (Wildman–Crippen MR) is 108 cm³/mol. The molecule has 0 saturated carbocycles. The van der Waals surface area contributed by atoms with Crippen LogP contribution in [-0.2, 0) is 0 Å². The minimum atomic E-state index is 0.556. The van der Waals surface area contributed by atoms with E-state index in [0.29, 0.717) is 4.80 Å². The van der Waals surface area contributed by atoms with Crippen molar-refractivity contribution < 1.29 is 0 Å². The Balaban J connectivity index is 2.10. The van der Waals surface area contributed by atoms with Gasteiger partial charge in [-0.15, -0.1) is 11.3 Å². The second-order valence-corrected chi connectivity index (χ2v) is 7.08. The summed E-state index contributed by atoms with van der Waals surface area (Å²) in [6.07, 6.45) is 0. The fourth-order valence-electron chi connectivity index (χ4n) is 3.34. The Morgan fingerprint density at radius 3 is 2.12 bits per heavy atom. The molecule has 1 heterocycles. The van der Waals surface area contributed by atoms with E-state index in [0.717, 1.165) is 30.0 Å². The summed E-state index contributed by atoms with van der Waals surface area (Å²) in [7, 11) is 0. The molecule has 0 amide bonds. The molecule has 3 nitrogen and oxygen atoms in total. The number of aryl methyl sites for hydroxylation is 2. The lowest BCUT2D eigenvalue weighted by Crippen LogP contribution is -2.21. The minimum Gasteiger partial charge on any atom is -0.372 e. The van der Waals surface area contributed by atoms with E-state index in [1.54, 1.807) is 0 Å². The molecule has 0 aliphatic rings. The lowest BCUT2D eigenvalue weighted by Gasteiger charge is -2.21. The maximum Gasteiger partial charge on any atom is 0.187 e. The Kier molecular flexibility index (Phi) is 5.09. The Bertz CT molecular complexity index is 895. The summed E-state index contributed by atoms with van der Waals surface area (Å²) in [6.45, 7) is 10.6. The number of nitrogens with one attached hydrogen (secondary N) is 1. The topological polar surface area (TPSA) is 32.0 Å². The molecule has 4 heteroatoms. The van der Waals surface area contributed by atoms with Crippen LogP contribution in [0.4, 0.5) is 5.69 Å². The highest BCUT2D eigenvalue weighted by Crippen LogP contribution is 2.28. The molecule has 0 bridgehead atoms. The smallest absolute Gasteiger partial charge is 0.187 e. The Morgan fingerprint density at radius 1 is 0.960 bits per heavy atom. The molecule has 0 unspecified atom stereocenters. The van der Waals surface area contributed by atoms with E-state index >= 15 is 0 Å². The van der Waals surface area contributed by atoms with Crippen LogP contribution in [0.1, 0.15) is 25.0 Å². The maximum atomic E-state index is 8.42. The van der Waals surface area contributed by atoms with Crippen molar-refractivity contribution >= 4 is 17.0 Å². The fraction of sp³-hybridized carbons (Fsp3) is 0.286. The number of para-hydroxylation sites is 1. The summed E-state index contributed by atoms with van der Waals surface area (Å²) in [6, 6.07) is 15.0. The van der Waals surface area contributed by atoms with Gasteiger partial charge in [0.25, 0.3) is 0 Å². The van der Waals surface area contributed by atoms with Crippen LogP contribution in [0.15, 0.2) is 47.8 Å². The van der Waals surface area contributed by atoms with Crippen molar-refractivity contribution in [3.8, 4) is 16.9 Å². The number of nitrogens with zero attached hydrogens (tertiary/aromatic N) is 2. The van der Waals surface area contributed by atoms with Crippen LogP contribution in [-0.4, -0.2) is 17.7 Å². The summed E-state index contributed by atoms with van der Waals surface area (Å²) < 4.78 is 2.07. The summed E-state index contributed by atoms with van der Waals surface area (Å²) >= 11 is 1.48. The van der Waals surface area contributed by atoms with E-state index in [2.05, 4.69) is 85.0 Å². The van der Waals surface area contributed by atoms with Crippen LogP contribution in [0.25, 0.3) is 16.9 Å². The lowest BCUT2D eigenvalue weighted by molar-refractivity contribution is 0.866. The van der Waals surface area contributed by atoms with Gasteiger partial charge in [-0.3, -0.25) is 9.98 Å². The third kappa shape index (κ3) is 3.27. The Hall–Kier alpha value is -2.33. The van der Waals surface area contributed by atoms with Gasteiger partial charge in [0.2, 0.25) is 0 Å². The van der Waals surface area contributed by atoms with E-state index in [1.807, 2.05) is 0 Å². The number of hydrogen-bond donors (Lipinski definition) is 1. The molecule has 0 aliphatic carbocycles. The van der Waals surface area contributed by atoms with Gasteiger partial charge in [0, 0.05) is 24.2 Å². The molecular formula is C21H25N3S. The quantitative estimate of drug-likeness (QED) is 0.677. The first-order valence-corrected chi connectivity index (χ1v) is 9.61. The second kappa shape index (κ2) is 7.28. The standard InChI is InChI=1S/C21H25N3S/c1-5-23(6-2)18-12-10-17(11-13-18)19-14-25-21(22)24(19)20-15(3)8-7-9-16(20)4/h7-14,22H,5-6H2,1-4H3. The van der Waals surface area contributed by atoms with Crippen LogP contribution < -0.4 is 9.70 Å². The first-order chi connectivity index (χ1) is 12.1. The lowest BCUT2D eigenvalue weighted by atomic mass is 10.1. The molecule has 3 aromatic rings. The summed E-state index contributed by atoms with van der Waals surface area (Å²) in [5, 5.41) is 10.5. The van der Waals surface area contributed by atoms with Crippen molar-refractivity contribution in [2.24, 2.45) is 0 Å². The molecule has 1 N–H and O–H groups in total. The second-order valence-electron chi connectivity index (χ2n) is 6.22. The molecule has 1 aromatic heterocycles. The summed E-state index contributed by atoms with van der Waals surface area (Å²) in [4.78, 5) is 2.90. The number of hydrogen-bond acceptors (Lipinski definition) is 3. The fourth-order valence-corrected chi connectivity index (χ4v) is 4.10. The molecule has 0 atom stereocenters. The van der Waals surface area contributed by atoms with Crippen molar-refractivity contribution in [3.05, 3.63) is 63.8 Å². The maximum absolute atomic E-state index is 8.42. The van der Waals surface area contributed by atoms with Crippen molar-refractivity contribution in [1.29, 1.82) is 5.41 Å². The van der Waals surface area contributed by atoms with Crippen LogP contribution in [0.2, 0.25) is 0 Å². The number of thiazole rings is 1. The molecule has 3 rings (SSSR count). The summed E-state index contributed by atoms with van der Waals surface area (Å²) in [5.41, 5.74) is 6.98. The zero-order valence-electron chi connectivity index (χ0n) is 15.3.